The first kappa shape index (κ1) is 13.1. The van der Waals surface area contributed by atoms with E-state index in [2.05, 4.69) is 47.7 Å². The van der Waals surface area contributed by atoms with E-state index in [-0.39, 0.29) is 0 Å². The van der Waals surface area contributed by atoms with Crippen molar-refractivity contribution >= 4 is 10.9 Å². The zero-order valence-electron chi connectivity index (χ0n) is 11.2. The molecule has 0 saturated carbocycles. The number of hydrogen-bond donors (Lipinski definition) is 2. The van der Waals surface area contributed by atoms with Crippen LogP contribution in [0.3, 0.4) is 0 Å². The van der Waals surface area contributed by atoms with Crippen molar-refractivity contribution in [2.45, 2.75) is 25.8 Å². The topological polar surface area (TPSA) is 37.0 Å². The second-order valence-electron chi connectivity index (χ2n) is 4.62. The van der Waals surface area contributed by atoms with Gasteiger partial charge in [0.15, 0.2) is 0 Å². The van der Waals surface area contributed by atoms with Gasteiger partial charge in [-0.05, 0) is 31.0 Å². The van der Waals surface area contributed by atoms with E-state index in [1.54, 1.807) is 7.11 Å². The van der Waals surface area contributed by atoms with Gasteiger partial charge in [0.25, 0.3) is 0 Å². The number of benzene rings is 1. The predicted molar refractivity (Wildman–Crippen MR) is 76.0 cm³/mol. The molecule has 3 nitrogen and oxygen atoms in total. The molecule has 1 atom stereocenters. The Balaban J connectivity index is 1.90. The van der Waals surface area contributed by atoms with Crippen molar-refractivity contribution in [3.63, 3.8) is 0 Å². The number of hydrogen-bond acceptors (Lipinski definition) is 2. The van der Waals surface area contributed by atoms with E-state index in [0.717, 1.165) is 26.0 Å². The van der Waals surface area contributed by atoms with Gasteiger partial charge < -0.3 is 15.0 Å². The van der Waals surface area contributed by atoms with Crippen LogP contribution >= 0.6 is 0 Å². The lowest BCUT2D eigenvalue weighted by atomic mass is 10.1. The molecule has 1 aromatic carbocycles. The standard InChI is InChI=1S/C15H22N2O/c1-3-13(11-18-2)16-9-8-12-10-17-15-7-5-4-6-14(12)15/h4-7,10,13,16-17H,3,8-9,11H2,1-2H3. The Morgan fingerprint density at radius 1 is 1.33 bits per heavy atom. The van der Waals surface area contributed by atoms with Gasteiger partial charge >= 0.3 is 0 Å². The Bertz CT molecular complexity index is 478. The monoisotopic (exact) mass is 246 g/mol. The van der Waals surface area contributed by atoms with E-state index in [4.69, 9.17) is 4.74 Å². The molecule has 0 aliphatic rings. The molecule has 0 aliphatic carbocycles. The van der Waals surface area contributed by atoms with Gasteiger partial charge in [-0.25, -0.2) is 0 Å². The second kappa shape index (κ2) is 6.57. The molecule has 1 heterocycles. The quantitative estimate of drug-likeness (QED) is 0.788. The Hall–Kier alpha value is -1.32. The molecule has 2 aromatic rings. The first-order valence-corrected chi connectivity index (χ1v) is 6.62. The number of H-pyrrole nitrogens is 1. The summed E-state index contributed by atoms with van der Waals surface area (Å²) in [5.41, 5.74) is 2.60. The Morgan fingerprint density at radius 3 is 2.94 bits per heavy atom. The SMILES string of the molecule is CCC(COC)NCCc1c[nH]c2ccccc12. The Morgan fingerprint density at radius 2 is 2.17 bits per heavy atom. The van der Waals surface area contributed by atoms with Crippen LogP contribution in [0.4, 0.5) is 0 Å². The Labute approximate surface area is 109 Å². The van der Waals surface area contributed by atoms with Crippen molar-refractivity contribution in [2.75, 3.05) is 20.3 Å². The van der Waals surface area contributed by atoms with Crippen molar-refractivity contribution in [3.8, 4) is 0 Å². The molecule has 0 radical (unpaired) electrons. The highest BCUT2D eigenvalue weighted by Crippen LogP contribution is 2.17. The van der Waals surface area contributed by atoms with Crippen molar-refractivity contribution < 1.29 is 4.74 Å². The molecule has 3 heteroatoms. The molecule has 0 bridgehead atoms. The molecule has 1 unspecified atom stereocenters. The average molecular weight is 246 g/mol. The number of methoxy groups -OCH3 is 1. The summed E-state index contributed by atoms with van der Waals surface area (Å²) in [5, 5.41) is 4.87. The van der Waals surface area contributed by atoms with Crippen LogP contribution in [0.15, 0.2) is 30.5 Å². The van der Waals surface area contributed by atoms with Crippen LogP contribution in [0.1, 0.15) is 18.9 Å². The van der Waals surface area contributed by atoms with Crippen molar-refractivity contribution in [2.24, 2.45) is 0 Å². The van der Waals surface area contributed by atoms with Crippen LogP contribution in [-0.4, -0.2) is 31.3 Å². The molecular weight excluding hydrogens is 224 g/mol. The van der Waals surface area contributed by atoms with Gasteiger partial charge in [0.2, 0.25) is 0 Å². The summed E-state index contributed by atoms with van der Waals surface area (Å²) in [6.45, 7) is 3.95. The number of aromatic nitrogens is 1. The summed E-state index contributed by atoms with van der Waals surface area (Å²) < 4.78 is 5.18. The van der Waals surface area contributed by atoms with Crippen LogP contribution in [0.5, 0.6) is 0 Å². The van der Waals surface area contributed by atoms with Gasteiger partial charge in [0.05, 0.1) is 6.61 Å². The molecule has 0 spiro atoms. The smallest absolute Gasteiger partial charge is 0.0615 e. The summed E-state index contributed by atoms with van der Waals surface area (Å²) in [6, 6.07) is 8.90. The molecule has 0 saturated heterocycles. The molecule has 0 amide bonds. The van der Waals surface area contributed by atoms with Gasteiger partial charge in [0, 0.05) is 30.3 Å². The van der Waals surface area contributed by atoms with E-state index in [1.165, 1.54) is 16.5 Å². The van der Waals surface area contributed by atoms with Crippen LogP contribution in [0.2, 0.25) is 0 Å². The Kier molecular flexibility index (Phi) is 4.79. The summed E-state index contributed by atoms with van der Waals surface area (Å²) in [6.07, 6.45) is 4.26. The maximum Gasteiger partial charge on any atom is 0.0615 e. The maximum absolute atomic E-state index is 5.18. The van der Waals surface area contributed by atoms with E-state index in [9.17, 15) is 0 Å². The molecular formula is C15H22N2O. The highest BCUT2D eigenvalue weighted by Gasteiger charge is 2.06. The lowest BCUT2D eigenvalue weighted by Gasteiger charge is -2.15. The van der Waals surface area contributed by atoms with Gasteiger partial charge in [-0.2, -0.15) is 0 Å². The minimum Gasteiger partial charge on any atom is -0.383 e. The van der Waals surface area contributed by atoms with Crippen molar-refractivity contribution in [1.82, 2.24) is 10.3 Å². The molecule has 2 rings (SSSR count). The summed E-state index contributed by atoms with van der Waals surface area (Å²) >= 11 is 0. The third-order valence-electron chi connectivity index (χ3n) is 3.36. The van der Waals surface area contributed by atoms with Crippen molar-refractivity contribution in [3.05, 3.63) is 36.0 Å². The van der Waals surface area contributed by atoms with E-state index in [1.807, 2.05) is 0 Å². The third kappa shape index (κ3) is 3.12. The number of ether oxygens (including phenoxy) is 1. The minimum absolute atomic E-state index is 0.459. The van der Waals surface area contributed by atoms with Crippen LogP contribution < -0.4 is 5.32 Å². The molecule has 2 N–H and O–H groups in total. The van der Waals surface area contributed by atoms with Gasteiger partial charge in [0.1, 0.15) is 0 Å². The van der Waals surface area contributed by atoms with Crippen LogP contribution in [-0.2, 0) is 11.2 Å². The number of rotatable bonds is 7. The molecule has 98 valence electrons. The summed E-state index contributed by atoms with van der Waals surface area (Å²) in [4.78, 5) is 3.31. The van der Waals surface area contributed by atoms with Crippen LogP contribution in [0.25, 0.3) is 10.9 Å². The first-order valence-electron chi connectivity index (χ1n) is 6.62. The van der Waals surface area contributed by atoms with Gasteiger partial charge in [-0.1, -0.05) is 25.1 Å². The summed E-state index contributed by atoms with van der Waals surface area (Å²) in [5.74, 6) is 0. The predicted octanol–water partition coefficient (Wildman–Crippen LogP) is 2.73. The third-order valence-corrected chi connectivity index (χ3v) is 3.36. The second-order valence-corrected chi connectivity index (χ2v) is 4.62. The molecule has 0 fully saturated rings. The summed E-state index contributed by atoms with van der Waals surface area (Å²) in [7, 11) is 1.75. The molecule has 1 aromatic heterocycles. The fourth-order valence-electron chi connectivity index (χ4n) is 2.27. The zero-order chi connectivity index (χ0) is 12.8. The van der Waals surface area contributed by atoms with Crippen molar-refractivity contribution in [1.29, 1.82) is 0 Å². The van der Waals surface area contributed by atoms with Crippen LogP contribution in [0, 0.1) is 0 Å². The highest BCUT2D eigenvalue weighted by atomic mass is 16.5. The van der Waals surface area contributed by atoms with E-state index in [0.29, 0.717) is 6.04 Å². The zero-order valence-corrected chi connectivity index (χ0v) is 11.2. The number of nitrogens with one attached hydrogen (secondary N) is 2. The van der Waals surface area contributed by atoms with Gasteiger partial charge in [-0.15, -0.1) is 0 Å². The number of fused-ring (bicyclic) bond motifs is 1. The normalized spacial score (nSPS) is 13.0. The lowest BCUT2D eigenvalue weighted by molar-refractivity contribution is 0.165. The molecule has 0 aliphatic heterocycles. The number of para-hydroxylation sites is 1. The largest absolute Gasteiger partial charge is 0.383 e. The average Bonchev–Trinajstić information content (AvgIpc) is 2.81. The van der Waals surface area contributed by atoms with Gasteiger partial charge in [-0.3, -0.25) is 0 Å². The number of aromatic amines is 1. The van der Waals surface area contributed by atoms with E-state index < -0.39 is 0 Å². The van der Waals surface area contributed by atoms with E-state index >= 15 is 0 Å². The maximum atomic E-state index is 5.18. The highest BCUT2D eigenvalue weighted by molar-refractivity contribution is 5.83. The fraction of sp³-hybridized carbons (Fsp3) is 0.467. The minimum atomic E-state index is 0.459. The lowest BCUT2D eigenvalue weighted by Crippen LogP contribution is -2.33. The molecule has 18 heavy (non-hydrogen) atoms. The first-order chi connectivity index (χ1) is 8.85. The fourth-order valence-corrected chi connectivity index (χ4v) is 2.27.